The van der Waals surface area contributed by atoms with E-state index in [4.69, 9.17) is 0 Å². The number of fused-ring (bicyclic) bond motifs is 1. The van der Waals surface area contributed by atoms with Crippen molar-refractivity contribution < 1.29 is 0 Å². The number of hydrogen-bond donors (Lipinski definition) is 3. The fourth-order valence-electron chi connectivity index (χ4n) is 1.94. The van der Waals surface area contributed by atoms with Crippen molar-refractivity contribution in [1.82, 2.24) is 20.6 Å². The number of H-pyrrole nitrogens is 1. The Bertz CT molecular complexity index is 537. The number of para-hydroxylation sites is 2. The summed E-state index contributed by atoms with van der Waals surface area (Å²) in [4.78, 5) is 12.1. The Morgan fingerprint density at radius 2 is 2.10 bits per heavy atom. The van der Waals surface area contributed by atoms with Crippen molar-refractivity contribution in [3.8, 4) is 0 Å². The van der Waals surface area contributed by atoms with E-state index < -0.39 is 0 Å². The molecule has 1 aromatic heterocycles. The predicted molar refractivity (Wildman–Crippen MR) is 84.0 cm³/mol. The standard InChI is InChI=1S/C15H23N5/c1-11(2)10-18-15(16-3)17-9-8-14-19-12-6-4-5-7-13(12)20-14/h4-7,11H,8-10H2,1-3H3,(H,19,20)(H2,16,17,18). The minimum absolute atomic E-state index is 0.601. The van der Waals surface area contributed by atoms with Crippen LogP contribution in [0, 0.1) is 5.92 Å². The van der Waals surface area contributed by atoms with Crippen molar-refractivity contribution in [2.24, 2.45) is 10.9 Å². The average Bonchev–Trinajstić information content (AvgIpc) is 2.85. The van der Waals surface area contributed by atoms with E-state index in [1.54, 1.807) is 7.05 Å². The van der Waals surface area contributed by atoms with Crippen LogP contribution in [-0.2, 0) is 6.42 Å². The third-order valence-electron chi connectivity index (χ3n) is 2.99. The van der Waals surface area contributed by atoms with E-state index in [1.807, 2.05) is 24.3 Å². The molecular weight excluding hydrogens is 250 g/mol. The van der Waals surface area contributed by atoms with Crippen LogP contribution in [0.1, 0.15) is 19.7 Å². The molecule has 2 rings (SSSR count). The van der Waals surface area contributed by atoms with Crippen LogP contribution in [0.5, 0.6) is 0 Å². The van der Waals surface area contributed by atoms with Crippen LogP contribution in [-0.4, -0.2) is 36.1 Å². The number of nitrogens with one attached hydrogen (secondary N) is 3. The van der Waals surface area contributed by atoms with Crippen molar-refractivity contribution >= 4 is 17.0 Å². The molecule has 0 saturated heterocycles. The maximum atomic E-state index is 4.55. The molecule has 0 bridgehead atoms. The molecule has 0 atom stereocenters. The number of aliphatic imine (C=N–C) groups is 1. The Labute approximate surface area is 119 Å². The van der Waals surface area contributed by atoms with Gasteiger partial charge >= 0.3 is 0 Å². The molecule has 0 spiro atoms. The van der Waals surface area contributed by atoms with Gasteiger partial charge in [-0.2, -0.15) is 0 Å². The molecule has 20 heavy (non-hydrogen) atoms. The summed E-state index contributed by atoms with van der Waals surface area (Å²) >= 11 is 0. The molecule has 3 N–H and O–H groups in total. The van der Waals surface area contributed by atoms with E-state index in [-0.39, 0.29) is 0 Å². The highest BCUT2D eigenvalue weighted by molar-refractivity contribution is 5.79. The predicted octanol–water partition coefficient (Wildman–Crippen LogP) is 1.93. The number of guanidine groups is 1. The molecule has 0 aliphatic heterocycles. The van der Waals surface area contributed by atoms with Gasteiger partial charge < -0.3 is 15.6 Å². The van der Waals surface area contributed by atoms with Crippen LogP contribution in [0.3, 0.4) is 0 Å². The van der Waals surface area contributed by atoms with E-state index in [9.17, 15) is 0 Å². The summed E-state index contributed by atoms with van der Waals surface area (Å²) in [5, 5.41) is 6.59. The van der Waals surface area contributed by atoms with Gasteiger partial charge in [0.1, 0.15) is 5.82 Å². The topological polar surface area (TPSA) is 65.1 Å². The number of benzene rings is 1. The zero-order chi connectivity index (χ0) is 14.4. The maximum Gasteiger partial charge on any atom is 0.190 e. The van der Waals surface area contributed by atoms with Crippen LogP contribution in [0.4, 0.5) is 0 Å². The lowest BCUT2D eigenvalue weighted by atomic mass is 10.2. The van der Waals surface area contributed by atoms with Crippen LogP contribution in [0.25, 0.3) is 11.0 Å². The largest absolute Gasteiger partial charge is 0.356 e. The molecule has 1 aromatic carbocycles. The second kappa shape index (κ2) is 6.93. The minimum Gasteiger partial charge on any atom is -0.356 e. The number of aromatic amines is 1. The Balaban J connectivity index is 1.82. The van der Waals surface area contributed by atoms with E-state index in [2.05, 4.69) is 39.4 Å². The molecular formula is C15H23N5. The molecule has 0 aliphatic carbocycles. The quantitative estimate of drug-likeness (QED) is 0.576. The first-order valence-corrected chi connectivity index (χ1v) is 7.07. The van der Waals surface area contributed by atoms with Gasteiger partial charge in [0.25, 0.3) is 0 Å². The van der Waals surface area contributed by atoms with Gasteiger partial charge in [-0.25, -0.2) is 4.98 Å². The summed E-state index contributed by atoms with van der Waals surface area (Å²) in [6.45, 7) is 6.07. The smallest absolute Gasteiger partial charge is 0.190 e. The molecule has 0 radical (unpaired) electrons. The van der Waals surface area contributed by atoms with Crippen molar-refractivity contribution in [3.63, 3.8) is 0 Å². The second-order valence-corrected chi connectivity index (χ2v) is 5.22. The lowest BCUT2D eigenvalue weighted by Crippen LogP contribution is -2.40. The Morgan fingerprint density at radius 1 is 1.30 bits per heavy atom. The molecule has 0 saturated carbocycles. The van der Waals surface area contributed by atoms with Crippen molar-refractivity contribution in [3.05, 3.63) is 30.1 Å². The summed E-state index contributed by atoms with van der Waals surface area (Å²) in [6.07, 6.45) is 0.844. The van der Waals surface area contributed by atoms with E-state index >= 15 is 0 Å². The monoisotopic (exact) mass is 273 g/mol. The molecule has 0 amide bonds. The fraction of sp³-hybridized carbons (Fsp3) is 0.467. The highest BCUT2D eigenvalue weighted by Crippen LogP contribution is 2.10. The van der Waals surface area contributed by atoms with Gasteiger partial charge in [0, 0.05) is 26.6 Å². The third kappa shape index (κ3) is 3.98. The van der Waals surface area contributed by atoms with Gasteiger partial charge in [0.05, 0.1) is 11.0 Å². The molecule has 1 heterocycles. The Kier molecular flexibility index (Phi) is 4.98. The summed E-state index contributed by atoms with van der Waals surface area (Å²) in [7, 11) is 1.79. The van der Waals surface area contributed by atoms with Gasteiger partial charge in [-0.1, -0.05) is 26.0 Å². The van der Waals surface area contributed by atoms with Crippen molar-refractivity contribution in [2.45, 2.75) is 20.3 Å². The molecule has 0 fully saturated rings. The number of rotatable bonds is 5. The molecule has 5 nitrogen and oxygen atoms in total. The van der Waals surface area contributed by atoms with Gasteiger partial charge in [0.15, 0.2) is 5.96 Å². The maximum absolute atomic E-state index is 4.55. The van der Waals surface area contributed by atoms with Crippen LogP contribution in [0.2, 0.25) is 0 Å². The zero-order valence-electron chi connectivity index (χ0n) is 12.4. The van der Waals surface area contributed by atoms with Crippen LogP contribution in [0.15, 0.2) is 29.3 Å². The molecule has 0 aliphatic rings. The summed E-state index contributed by atoms with van der Waals surface area (Å²) < 4.78 is 0. The highest BCUT2D eigenvalue weighted by atomic mass is 15.2. The second-order valence-electron chi connectivity index (χ2n) is 5.22. The Morgan fingerprint density at radius 3 is 2.80 bits per heavy atom. The Hall–Kier alpha value is -2.04. The van der Waals surface area contributed by atoms with E-state index in [0.717, 1.165) is 42.3 Å². The first kappa shape index (κ1) is 14.4. The summed E-state index contributed by atoms with van der Waals surface area (Å²) in [5.41, 5.74) is 2.11. The normalized spacial score (nSPS) is 12.1. The number of aromatic nitrogens is 2. The first-order chi connectivity index (χ1) is 9.69. The SMILES string of the molecule is CN=C(NCCc1nc2ccccc2[nH]1)NCC(C)C. The minimum atomic E-state index is 0.601. The van der Waals surface area contributed by atoms with Crippen LogP contribution < -0.4 is 10.6 Å². The van der Waals surface area contributed by atoms with Gasteiger partial charge in [0.2, 0.25) is 0 Å². The molecule has 108 valence electrons. The van der Waals surface area contributed by atoms with E-state index in [1.165, 1.54) is 0 Å². The van der Waals surface area contributed by atoms with Gasteiger partial charge in [-0.05, 0) is 18.1 Å². The number of hydrogen-bond acceptors (Lipinski definition) is 2. The third-order valence-corrected chi connectivity index (χ3v) is 2.99. The van der Waals surface area contributed by atoms with Gasteiger partial charge in [-0.15, -0.1) is 0 Å². The lowest BCUT2D eigenvalue weighted by molar-refractivity contribution is 0.614. The summed E-state index contributed by atoms with van der Waals surface area (Å²) in [5.74, 6) is 2.44. The average molecular weight is 273 g/mol. The van der Waals surface area contributed by atoms with Crippen LogP contribution >= 0.6 is 0 Å². The fourth-order valence-corrected chi connectivity index (χ4v) is 1.94. The molecule has 2 aromatic rings. The molecule has 5 heteroatoms. The lowest BCUT2D eigenvalue weighted by Gasteiger charge is -2.12. The van der Waals surface area contributed by atoms with Crippen molar-refractivity contribution in [2.75, 3.05) is 20.1 Å². The highest BCUT2D eigenvalue weighted by Gasteiger charge is 2.03. The number of nitrogens with zero attached hydrogens (tertiary/aromatic N) is 2. The van der Waals surface area contributed by atoms with Gasteiger partial charge in [-0.3, -0.25) is 4.99 Å². The molecule has 0 unspecified atom stereocenters. The number of imidazole rings is 1. The van der Waals surface area contributed by atoms with Crippen molar-refractivity contribution in [1.29, 1.82) is 0 Å². The summed E-state index contributed by atoms with van der Waals surface area (Å²) in [6, 6.07) is 8.08. The zero-order valence-corrected chi connectivity index (χ0v) is 12.4. The first-order valence-electron chi connectivity index (χ1n) is 7.07. The van der Waals surface area contributed by atoms with E-state index in [0.29, 0.717) is 5.92 Å².